The van der Waals surface area contributed by atoms with Gasteiger partial charge in [-0.2, -0.15) is 0 Å². The summed E-state index contributed by atoms with van der Waals surface area (Å²) >= 11 is 1.28. The van der Waals surface area contributed by atoms with Gasteiger partial charge in [0.05, 0.1) is 16.3 Å². The summed E-state index contributed by atoms with van der Waals surface area (Å²) in [7, 11) is 0. The third-order valence-corrected chi connectivity index (χ3v) is 5.76. The molecule has 2 aromatic rings. The summed E-state index contributed by atoms with van der Waals surface area (Å²) in [5, 5.41) is 3.12. The maximum absolute atomic E-state index is 13.2. The summed E-state index contributed by atoms with van der Waals surface area (Å²) in [5.41, 5.74) is 11.4. The first-order valence-corrected chi connectivity index (χ1v) is 10.4. The molecule has 0 saturated heterocycles. The number of carbonyl (C=O) groups is 3. The van der Waals surface area contributed by atoms with E-state index in [0.29, 0.717) is 30.9 Å². The molecule has 1 aromatic heterocycles. The third-order valence-electron chi connectivity index (χ3n) is 4.71. The summed E-state index contributed by atoms with van der Waals surface area (Å²) in [6.07, 6.45) is 4.26. The Hall–Kier alpha value is -3.27. The molecule has 5 N–H and O–H groups in total. The first kappa shape index (κ1) is 21.4. The van der Waals surface area contributed by atoms with Crippen LogP contribution < -0.4 is 16.8 Å². The number of nitrogens with zero attached hydrogens (tertiary/aromatic N) is 3. The number of nitrogens with one attached hydrogen (secondary N) is 1. The monoisotopic (exact) mass is 428 g/mol. The maximum atomic E-state index is 13.2. The Bertz CT molecular complexity index is 978. The molecule has 0 fully saturated rings. The second kappa shape index (κ2) is 9.49. The fraction of sp³-hybridized carbons (Fsp3) is 0.350. The van der Waals surface area contributed by atoms with Crippen LogP contribution in [-0.2, 0) is 9.59 Å². The van der Waals surface area contributed by atoms with Crippen molar-refractivity contribution in [3.8, 4) is 0 Å². The molecule has 0 spiro atoms. The minimum atomic E-state index is -0.796. The van der Waals surface area contributed by atoms with E-state index >= 15 is 0 Å². The molecule has 10 heteroatoms. The molecule has 2 heterocycles. The standard InChI is InChI=1S/C20H24N6O3S/c1-12(27)26-11-5-8-15(26)18(29)24-14(7-4-10-23-20(21)22)17(28)19-25-13-6-2-3-9-16(13)30-19/h2-3,5-6,8-9,14-15H,4,7,10-11H2,1H3,(H,24,29)(H4,21,22,23). The van der Waals surface area contributed by atoms with Gasteiger partial charge in [0, 0.05) is 20.0 Å². The van der Waals surface area contributed by atoms with Crippen molar-refractivity contribution in [3.63, 3.8) is 0 Å². The quantitative estimate of drug-likeness (QED) is 0.187. The van der Waals surface area contributed by atoms with Crippen LogP contribution >= 0.6 is 11.3 Å². The van der Waals surface area contributed by atoms with Crippen LogP contribution in [0, 0.1) is 0 Å². The van der Waals surface area contributed by atoms with Crippen molar-refractivity contribution in [1.82, 2.24) is 15.2 Å². The van der Waals surface area contributed by atoms with E-state index in [2.05, 4.69) is 15.3 Å². The molecule has 2 unspecified atom stereocenters. The summed E-state index contributed by atoms with van der Waals surface area (Å²) < 4.78 is 0.896. The van der Waals surface area contributed by atoms with Crippen molar-refractivity contribution in [2.45, 2.75) is 31.8 Å². The van der Waals surface area contributed by atoms with Crippen LogP contribution in [0.25, 0.3) is 10.2 Å². The Morgan fingerprint density at radius 2 is 2.10 bits per heavy atom. The number of rotatable bonds is 8. The number of benzene rings is 1. The first-order chi connectivity index (χ1) is 14.4. The molecule has 0 saturated carbocycles. The number of thiazole rings is 1. The molecule has 1 aromatic carbocycles. The van der Waals surface area contributed by atoms with Gasteiger partial charge >= 0.3 is 0 Å². The number of carbonyl (C=O) groups excluding carboxylic acids is 3. The number of hydrogen-bond donors (Lipinski definition) is 3. The van der Waals surface area contributed by atoms with Crippen LogP contribution in [-0.4, -0.2) is 58.6 Å². The third kappa shape index (κ3) is 5.01. The van der Waals surface area contributed by atoms with E-state index < -0.39 is 18.0 Å². The van der Waals surface area contributed by atoms with E-state index in [1.165, 1.54) is 23.2 Å². The Morgan fingerprint density at radius 1 is 1.33 bits per heavy atom. The van der Waals surface area contributed by atoms with Crippen molar-refractivity contribution < 1.29 is 14.4 Å². The molecule has 1 aliphatic rings. The smallest absolute Gasteiger partial charge is 0.247 e. The number of Topliss-reactive ketones (excluding diaryl/α,β-unsaturated/α-hetero) is 1. The highest BCUT2D eigenvalue weighted by Crippen LogP contribution is 2.23. The van der Waals surface area contributed by atoms with Gasteiger partial charge in [-0.05, 0) is 25.0 Å². The Morgan fingerprint density at radius 3 is 2.80 bits per heavy atom. The van der Waals surface area contributed by atoms with Gasteiger partial charge in [-0.25, -0.2) is 4.98 Å². The second-order valence-electron chi connectivity index (χ2n) is 6.91. The number of aliphatic imine (C=N–C) groups is 1. The lowest BCUT2D eigenvalue weighted by atomic mass is 10.1. The van der Waals surface area contributed by atoms with Crippen LogP contribution in [0.5, 0.6) is 0 Å². The lowest BCUT2D eigenvalue weighted by molar-refractivity contribution is -0.136. The molecule has 1 aliphatic heterocycles. The normalized spacial score (nSPS) is 16.4. The highest BCUT2D eigenvalue weighted by atomic mass is 32.1. The van der Waals surface area contributed by atoms with E-state index in [1.807, 2.05) is 24.3 Å². The zero-order valence-corrected chi connectivity index (χ0v) is 17.4. The molecule has 2 atom stereocenters. The minimum Gasteiger partial charge on any atom is -0.370 e. The maximum Gasteiger partial charge on any atom is 0.247 e. The molecule has 0 aliphatic carbocycles. The van der Waals surface area contributed by atoms with Crippen molar-refractivity contribution in [2.24, 2.45) is 16.5 Å². The Labute approximate surface area is 177 Å². The number of hydrogen-bond acceptors (Lipinski definition) is 6. The highest BCUT2D eigenvalue weighted by Gasteiger charge is 2.32. The van der Waals surface area contributed by atoms with Gasteiger partial charge in [-0.3, -0.25) is 19.4 Å². The molecule has 0 radical (unpaired) electrons. The summed E-state index contributed by atoms with van der Waals surface area (Å²) in [6, 6.07) is 5.94. The molecule has 30 heavy (non-hydrogen) atoms. The van der Waals surface area contributed by atoms with Crippen LogP contribution in [0.1, 0.15) is 29.6 Å². The summed E-state index contributed by atoms with van der Waals surface area (Å²) in [4.78, 5) is 47.5. The molecule has 9 nitrogen and oxygen atoms in total. The van der Waals surface area contributed by atoms with Gasteiger partial charge in [0.1, 0.15) is 6.04 Å². The fourth-order valence-electron chi connectivity index (χ4n) is 3.23. The van der Waals surface area contributed by atoms with Gasteiger partial charge in [0.15, 0.2) is 11.0 Å². The summed E-state index contributed by atoms with van der Waals surface area (Å²) in [5.74, 6) is -0.908. The lowest BCUT2D eigenvalue weighted by Gasteiger charge is -2.24. The Kier molecular flexibility index (Phi) is 6.78. The van der Waals surface area contributed by atoms with Crippen molar-refractivity contribution in [3.05, 3.63) is 41.4 Å². The van der Waals surface area contributed by atoms with E-state index in [9.17, 15) is 14.4 Å². The van der Waals surface area contributed by atoms with Crippen LogP contribution in [0.3, 0.4) is 0 Å². The number of ketones is 1. The number of amides is 2. The molecule has 0 bridgehead atoms. The van der Waals surface area contributed by atoms with Crippen LogP contribution in [0.15, 0.2) is 41.4 Å². The van der Waals surface area contributed by atoms with Gasteiger partial charge < -0.3 is 21.7 Å². The van der Waals surface area contributed by atoms with E-state index in [1.54, 1.807) is 12.2 Å². The summed E-state index contributed by atoms with van der Waals surface area (Å²) in [6.45, 7) is 2.12. The van der Waals surface area contributed by atoms with Gasteiger partial charge in [0.2, 0.25) is 17.6 Å². The van der Waals surface area contributed by atoms with Crippen LogP contribution in [0.2, 0.25) is 0 Å². The number of guanidine groups is 1. The predicted octanol–water partition coefficient (Wildman–Crippen LogP) is 0.804. The van der Waals surface area contributed by atoms with Gasteiger partial charge in [-0.1, -0.05) is 24.3 Å². The topological polar surface area (TPSA) is 144 Å². The van der Waals surface area contributed by atoms with Crippen molar-refractivity contribution >= 4 is 45.1 Å². The number of fused-ring (bicyclic) bond motifs is 1. The zero-order valence-electron chi connectivity index (χ0n) is 16.6. The largest absolute Gasteiger partial charge is 0.370 e. The number of para-hydroxylation sites is 1. The molecule has 2 amide bonds. The van der Waals surface area contributed by atoms with E-state index in [0.717, 1.165) is 10.2 Å². The Balaban J connectivity index is 1.77. The van der Waals surface area contributed by atoms with E-state index in [4.69, 9.17) is 11.5 Å². The van der Waals surface area contributed by atoms with Crippen molar-refractivity contribution in [2.75, 3.05) is 13.1 Å². The van der Waals surface area contributed by atoms with E-state index in [-0.39, 0.29) is 17.6 Å². The van der Waals surface area contributed by atoms with Gasteiger partial charge in [-0.15, -0.1) is 11.3 Å². The average Bonchev–Trinajstić information content (AvgIpc) is 3.36. The zero-order chi connectivity index (χ0) is 21.7. The first-order valence-electron chi connectivity index (χ1n) is 9.56. The second-order valence-corrected chi connectivity index (χ2v) is 7.94. The predicted molar refractivity (Wildman–Crippen MR) is 116 cm³/mol. The average molecular weight is 429 g/mol. The highest BCUT2D eigenvalue weighted by molar-refractivity contribution is 7.20. The van der Waals surface area contributed by atoms with Gasteiger partial charge in [0.25, 0.3) is 0 Å². The number of nitrogens with two attached hydrogens (primary N) is 2. The molecular weight excluding hydrogens is 404 g/mol. The number of aromatic nitrogens is 1. The lowest BCUT2D eigenvalue weighted by Crippen LogP contribution is -2.50. The van der Waals surface area contributed by atoms with Crippen molar-refractivity contribution in [1.29, 1.82) is 0 Å². The fourth-order valence-corrected chi connectivity index (χ4v) is 4.19. The molecule has 158 valence electrons. The van der Waals surface area contributed by atoms with Crippen LogP contribution in [0.4, 0.5) is 0 Å². The minimum absolute atomic E-state index is 0.0266. The SMILES string of the molecule is CC(=O)N1CC=CC1C(=O)NC(CCCN=C(N)N)C(=O)c1nc2ccccc2s1. The molecular formula is C20H24N6O3S. The molecule has 3 rings (SSSR count).